The number of carbonyl (C=O) groups excluding carboxylic acids is 1. The topological polar surface area (TPSA) is 40.5 Å². The molecule has 1 aliphatic rings. The second-order valence-electron chi connectivity index (χ2n) is 4.71. The summed E-state index contributed by atoms with van der Waals surface area (Å²) in [5, 5.41) is 9.41. The van der Waals surface area contributed by atoms with Crippen molar-refractivity contribution in [1.29, 1.82) is 0 Å². The molecule has 0 radical (unpaired) electrons. The van der Waals surface area contributed by atoms with E-state index >= 15 is 0 Å². The number of hydrogen-bond donors (Lipinski definition) is 1. The Morgan fingerprint density at radius 3 is 2.74 bits per heavy atom. The van der Waals surface area contributed by atoms with Gasteiger partial charge in [0.25, 0.3) is 5.91 Å². The van der Waals surface area contributed by atoms with Crippen LogP contribution in [0, 0.1) is 5.82 Å². The predicted molar refractivity (Wildman–Crippen MR) is 95.2 cm³/mol. The summed E-state index contributed by atoms with van der Waals surface area (Å²) in [4.78, 5) is 14.3. The second kappa shape index (κ2) is 6.31. The van der Waals surface area contributed by atoms with Crippen LogP contribution in [-0.4, -0.2) is 15.3 Å². The van der Waals surface area contributed by atoms with E-state index in [2.05, 4.69) is 0 Å². The average Bonchev–Trinajstić information content (AvgIpc) is 2.77. The van der Waals surface area contributed by atoms with Crippen molar-refractivity contribution in [2.45, 2.75) is 0 Å². The van der Waals surface area contributed by atoms with Crippen molar-refractivity contribution in [1.82, 2.24) is 0 Å². The van der Waals surface area contributed by atoms with E-state index in [1.54, 1.807) is 30.3 Å². The number of carbonyl (C=O) groups is 1. The number of benzene rings is 2. The largest absolute Gasteiger partial charge is 0.508 e. The molecule has 23 heavy (non-hydrogen) atoms. The summed E-state index contributed by atoms with van der Waals surface area (Å²) in [5.41, 5.74) is 1.10. The number of amides is 1. The third kappa shape index (κ3) is 3.24. The first-order valence-electron chi connectivity index (χ1n) is 6.48. The first-order valence-corrected chi connectivity index (χ1v) is 8.08. The Balaban J connectivity index is 1.95. The number of aromatic hydroxyl groups is 1. The van der Waals surface area contributed by atoms with Crippen LogP contribution in [0.2, 0.25) is 5.02 Å². The Bertz CT molecular complexity index is 854. The highest BCUT2D eigenvalue weighted by atomic mass is 35.5. The van der Waals surface area contributed by atoms with Crippen molar-refractivity contribution in [2.24, 2.45) is 0 Å². The van der Waals surface area contributed by atoms with E-state index in [0.717, 1.165) is 11.8 Å². The van der Waals surface area contributed by atoms with E-state index in [4.69, 9.17) is 23.8 Å². The summed E-state index contributed by atoms with van der Waals surface area (Å²) < 4.78 is 13.6. The first-order chi connectivity index (χ1) is 11.0. The molecule has 1 N–H and O–H groups in total. The quantitative estimate of drug-likeness (QED) is 0.624. The predicted octanol–water partition coefficient (Wildman–Crippen LogP) is 4.59. The monoisotopic (exact) mass is 365 g/mol. The SMILES string of the molecule is O=C1/C(=C\c2cccc(O)c2)SC(=S)N1c1ccc(F)c(Cl)c1. The summed E-state index contributed by atoms with van der Waals surface area (Å²) in [6.07, 6.45) is 1.64. The number of phenolic OH excluding ortho intramolecular Hbond substituents is 1. The van der Waals surface area contributed by atoms with Gasteiger partial charge in [0.1, 0.15) is 11.6 Å². The van der Waals surface area contributed by atoms with Gasteiger partial charge in [-0.25, -0.2) is 4.39 Å². The van der Waals surface area contributed by atoms with Gasteiger partial charge in [-0.15, -0.1) is 0 Å². The standard InChI is InChI=1S/C16H9ClFNO2S2/c17-12-8-10(4-5-13(12)18)19-15(21)14(23-16(19)22)7-9-2-1-3-11(20)6-9/h1-8,20H/b14-7+. The second-order valence-corrected chi connectivity index (χ2v) is 6.79. The van der Waals surface area contributed by atoms with Gasteiger partial charge in [0.15, 0.2) is 4.32 Å². The summed E-state index contributed by atoms with van der Waals surface area (Å²) in [6, 6.07) is 10.5. The van der Waals surface area contributed by atoms with Crippen molar-refractivity contribution in [3.05, 3.63) is 63.8 Å². The summed E-state index contributed by atoms with van der Waals surface area (Å²) >= 11 is 12.1. The molecule has 1 saturated heterocycles. The Morgan fingerprint density at radius 2 is 2.04 bits per heavy atom. The Kier molecular flexibility index (Phi) is 4.39. The van der Waals surface area contributed by atoms with Gasteiger partial charge in [0.2, 0.25) is 0 Å². The molecule has 2 aromatic rings. The minimum absolute atomic E-state index is 0.0755. The smallest absolute Gasteiger partial charge is 0.270 e. The van der Waals surface area contributed by atoms with Gasteiger partial charge >= 0.3 is 0 Å². The molecule has 1 fully saturated rings. The molecular weight excluding hydrogens is 357 g/mol. The normalized spacial score (nSPS) is 16.4. The number of halogens is 2. The molecule has 0 saturated carbocycles. The van der Waals surface area contributed by atoms with Crippen LogP contribution in [0.1, 0.15) is 5.56 Å². The average molecular weight is 366 g/mol. The maximum atomic E-state index is 13.3. The van der Waals surface area contributed by atoms with Crippen LogP contribution >= 0.6 is 35.6 Å². The molecule has 0 unspecified atom stereocenters. The molecular formula is C16H9ClFNO2S2. The Hall–Kier alpha value is -1.89. The lowest BCUT2D eigenvalue weighted by Gasteiger charge is -2.14. The molecule has 1 heterocycles. The van der Waals surface area contributed by atoms with Crippen molar-refractivity contribution >= 4 is 57.6 Å². The minimum atomic E-state index is -0.559. The van der Waals surface area contributed by atoms with E-state index < -0.39 is 5.82 Å². The number of hydrogen-bond acceptors (Lipinski definition) is 4. The van der Waals surface area contributed by atoms with Crippen LogP contribution in [0.4, 0.5) is 10.1 Å². The van der Waals surface area contributed by atoms with E-state index in [9.17, 15) is 14.3 Å². The highest BCUT2D eigenvalue weighted by molar-refractivity contribution is 8.27. The first kappa shape index (κ1) is 16.0. The molecule has 0 atom stereocenters. The van der Waals surface area contributed by atoms with Gasteiger partial charge in [-0.1, -0.05) is 47.7 Å². The maximum absolute atomic E-state index is 13.3. The van der Waals surface area contributed by atoms with Crippen molar-refractivity contribution in [2.75, 3.05) is 4.90 Å². The zero-order valence-corrected chi connectivity index (χ0v) is 13.9. The number of thiocarbonyl (C=S) groups is 1. The van der Waals surface area contributed by atoms with E-state index in [-0.39, 0.29) is 16.7 Å². The van der Waals surface area contributed by atoms with Gasteiger partial charge in [-0.3, -0.25) is 9.69 Å². The fourth-order valence-electron chi connectivity index (χ4n) is 2.08. The summed E-state index contributed by atoms with van der Waals surface area (Å²) in [7, 11) is 0. The van der Waals surface area contributed by atoms with Gasteiger partial charge in [0.05, 0.1) is 15.6 Å². The van der Waals surface area contributed by atoms with E-state index in [0.29, 0.717) is 20.5 Å². The molecule has 0 aliphatic carbocycles. The van der Waals surface area contributed by atoms with Crippen LogP contribution in [0.15, 0.2) is 47.4 Å². The van der Waals surface area contributed by atoms with Crippen LogP contribution in [-0.2, 0) is 4.79 Å². The Labute approximate surface area is 146 Å². The maximum Gasteiger partial charge on any atom is 0.270 e. The third-order valence-corrected chi connectivity index (χ3v) is 4.71. The van der Waals surface area contributed by atoms with Crippen LogP contribution in [0.25, 0.3) is 6.08 Å². The molecule has 1 amide bonds. The van der Waals surface area contributed by atoms with Gasteiger partial charge in [-0.2, -0.15) is 0 Å². The highest BCUT2D eigenvalue weighted by Gasteiger charge is 2.33. The number of rotatable bonds is 2. The minimum Gasteiger partial charge on any atom is -0.508 e. The number of anilines is 1. The molecule has 2 aromatic carbocycles. The zero-order chi connectivity index (χ0) is 16.6. The summed E-state index contributed by atoms with van der Waals surface area (Å²) in [5.74, 6) is -0.762. The number of phenols is 1. The third-order valence-electron chi connectivity index (χ3n) is 3.12. The molecule has 0 spiro atoms. The van der Waals surface area contributed by atoms with Crippen molar-refractivity contribution < 1.29 is 14.3 Å². The summed E-state index contributed by atoms with van der Waals surface area (Å²) in [6.45, 7) is 0. The van der Waals surface area contributed by atoms with E-state index in [1.807, 2.05) is 0 Å². The van der Waals surface area contributed by atoms with Gasteiger partial charge in [-0.05, 0) is 42.0 Å². The molecule has 3 nitrogen and oxygen atoms in total. The van der Waals surface area contributed by atoms with E-state index in [1.165, 1.54) is 23.1 Å². The van der Waals surface area contributed by atoms with Gasteiger partial charge in [0, 0.05) is 0 Å². The number of nitrogens with zero attached hydrogens (tertiary/aromatic N) is 1. The van der Waals surface area contributed by atoms with Crippen LogP contribution in [0.5, 0.6) is 5.75 Å². The number of thioether (sulfide) groups is 1. The fourth-order valence-corrected chi connectivity index (χ4v) is 3.55. The molecule has 7 heteroatoms. The van der Waals surface area contributed by atoms with Crippen LogP contribution in [0.3, 0.4) is 0 Å². The lowest BCUT2D eigenvalue weighted by Crippen LogP contribution is -2.27. The molecule has 0 bridgehead atoms. The van der Waals surface area contributed by atoms with Crippen molar-refractivity contribution in [3.63, 3.8) is 0 Å². The van der Waals surface area contributed by atoms with Crippen molar-refractivity contribution in [3.8, 4) is 5.75 Å². The molecule has 3 rings (SSSR count). The molecule has 116 valence electrons. The zero-order valence-electron chi connectivity index (χ0n) is 11.5. The van der Waals surface area contributed by atoms with Crippen LogP contribution < -0.4 is 4.90 Å². The molecule has 1 aliphatic heterocycles. The van der Waals surface area contributed by atoms with Gasteiger partial charge < -0.3 is 5.11 Å². The fraction of sp³-hybridized carbons (Fsp3) is 0. The lowest BCUT2D eigenvalue weighted by atomic mass is 10.2. The lowest BCUT2D eigenvalue weighted by molar-refractivity contribution is -0.113. The highest BCUT2D eigenvalue weighted by Crippen LogP contribution is 2.37. The molecule has 0 aromatic heterocycles. The Morgan fingerprint density at radius 1 is 1.26 bits per heavy atom.